The van der Waals surface area contributed by atoms with Crippen molar-refractivity contribution >= 4 is 11.6 Å². The molecule has 0 bridgehead atoms. The van der Waals surface area contributed by atoms with Crippen molar-refractivity contribution in [1.29, 1.82) is 15.8 Å². The molecule has 27 heavy (non-hydrogen) atoms. The third-order valence-corrected chi connectivity index (χ3v) is 5.88. The Hall–Kier alpha value is -2.78. The molecule has 1 aliphatic carbocycles. The molecular formula is C21H20ClN5. The molecule has 0 saturated heterocycles. The summed E-state index contributed by atoms with van der Waals surface area (Å²) in [5.41, 5.74) is 6.67. The van der Waals surface area contributed by atoms with E-state index in [0.29, 0.717) is 35.3 Å². The lowest BCUT2D eigenvalue weighted by molar-refractivity contribution is 0.186. The van der Waals surface area contributed by atoms with Gasteiger partial charge in [0.1, 0.15) is 0 Å². The molecule has 0 radical (unpaired) electrons. The molecule has 1 aliphatic heterocycles. The molecule has 0 amide bonds. The van der Waals surface area contributed by atoms with Crippen LogP contribution >= 0.6 is 11.6 Å². The highest BCUT2D eigenvalue weighted by molar-refractivity contribution is 6.30. The summed E-state index contributed by atoms with van der Waals surface area (Å²) in [4.78, 5) is 2.27. The van der Waals surface area contributed by atoms with Crippen LogP contribution in [0.25, 0.3) is 0 Å². The quantitative estimate of drug-likeness (QED) is 0.795. The molecule has 136 valence electrons. The SMILES string of the molecule is CC(C)N1CC=C2[C@H](C1)[C@H](c1ccc(Cl)cc1)C(C#N)=C(N)C2(C#N)C#N. The lowest BCUT2D eigenvalue weighted by Gasteiger charge is -2.46. The van der Waals surface area contributed by atoms with E-state index in [2.05, 4.69) is 37.0 Å². The Balaban J connectivity index is 2.27. The molecule has 2 aliphatic rings. The van der Waals surface area contributed by atoms with Crippen LogP contribution in [0, 0.1) is 45.3 Å². The van der Waals surface area contributed by atoms with Gasteiger partial charge in [0.2, 0.25) is 5.41 Å². The molecule has 5 nitrogen and oxygen atoms in total. The number of allylic oxidation sites excluding steroid dienone is 2. The van der Waals surface area contributed by atoms with Gasteiger partial charge in [-0.05, 0) is 37.1 Å². The van der Waals surface area contributed by atoms with E-state index in [-0.39, 0.29) is 17.5 Å². The highest BCUT2D eigenvalue weighted by Gasteiger charge is 2.52. The van der Waals surface area contributed by atoms with Crippen molar-refractivity contribution in [2.24, 2.45) is 17.1 Å². The van der Waals surface area contributed by atoms with Crippen LogP contribution in [0.5, 0.6) is 0 Å². The minimum Gasteiger partial charge on any atom is -0.399 e. The summed E-state index contributed by atoms with van der Waals surface area (Å²) in [6, 6.07) is 14.0. The zero-order valence-electron chi connectivity index (χ0n) is 15.3. The fraction of sp³-hybridized carbons (Fsp3) is 0.381. The number of nitrogens with zero attached hydrogens (tertiary/aromatic N) is 4. The maximum atomic E-state index is 9.87. The molecule has 0 fully saturated rings. The summed E-state index contributed by atoms with van der Waals surface area (Å²) >= 11 is 6.03. The number of halogens is 1. The standard InChI is InChI=1S/C21H20ClN5/c1-13(2)27-8-7-18-17(10-27)19(14-3-5-15(22)6-4-14)16(9-23)20(26)21(18,11-24)12-25/h3-7,13,17,19H,8,10,26H2,1-2H3/t17-,19+/m0/s1. The van der Waals surface area contributed by atoms with Crippen molar-refractivity contribution in [3.05, 3.63) is 57.8 Å². The van der Waals surface area contributed by atoms with Crippen molar-refractivity contribution in [3.8, 4) is 18.2 Å². The first kappa shape index (κ1) is 19.0. The molecule has 0 saturated carbocycles. The highest BCUT2D eigenvalue weighted by Crippen LogP contribution is 2.52. The van der Waals surface area contributed by atoms with E-state index in [0.717, 1.165) is 5.56 Å². The highest BCUT2D eigenvalue weighted by atomic mass is 35.5. The van der Waals surface area contributed by atoms with Crippen molar-refractivity contribution in [3.63, 3.8) is 0 Å². The molecule has 0 unspecified atom stereocenters. The normalized spacial score (nSPS) is 24.4. The van der Waals surface area contributed by atoms with Crippen LogP contribution in [0.3, 0.4) is 0 Å². The first-order valence-electron chi connectivity index (χ1n) is 8.82. The lowest BCUT2D eigenvalue weighted by atomic mass is 9.60. The van der Waals surface area contributed by atoms with Crippen LogP contribution in [0.2, 0.25) is 5.02 Å². The number of hydrogen-bond donors (Lipinski definition) is 1. The molecule has 0 spiro atoms. The van der Waals surface area contributed by atoms with Crippen molar-refractivity contribution in [1.82, 2.24) is 4.90 Å². The number of nitrogens with two attached hydrogens (primary N) is 1. The van der Waals surface area contributed by atoms with E-state index >= 15 is 0 Å². The fourth-order valence-electron chi connectivity index (χ4n) is 4.13. The minimum absolute atomic E-state index is 0.0513. The maximum absolute atomic E-state index is 9.87. The molecule has 3 rings (SSSR count). The Labute approximate surface area is 164 Å². The van der Waals surface area contributed by atoms with Gasteiger partial charge in [-0.3, -0.25) is 4.90 Å². The summed E-state index contributed by atoms with van der Waals surface area (Å²) in [6.45, 7) is 5.52. The summed E-state index contributed by atoms with van der Waals surface area (Å²) in [7, 11) is 0. The van der Waals surface area contributed by atoms with E-state index in [1.807, 2.05) is 18.2 Å². The van der Waals surface area contributed by atoms with Gasteiger partial charge in [0.15, 0.2) is 0 Å². The Morgan fingerprint density at radius 3 is 2.33 bits per heavy atom. The summed E-state index contributed by atoms with van der Waals surface area (Å²) in [5, 5.41) is 30.2. The van der Waals surface area contributed by atoms with Crippen LogP contribution < -0.4 is 5.73 Å². The fourth-order valence-corrected chi connectivity index (χ4v) is 4.26. The van der Waals surface area contributed by atoms with E-state index in [9.17, 15) is 15.8 Å². The lowest BCUT2D eigenvalue weighted by Crippen LogP contribution is -2.48. The van der Waals surface area contributed by atoms with Crippen LogP contribution in [0.1, 0.15) is 25.3 Å². The second kappa shape index (κ2) is 7.09. The van der Waals surface area contributed by atoms with E-state index in [4.69, 9.17) is 17.3 Å². The van der Waals surface area contributed by atoms with Gasteiger partial charge in [0.05, 0.1) is 29.5 Å². The van der Waals surface area contributed by atoms with Crippen LogP contribution in [0.15, 0.2) is 47.2 Å². The summed E-state index contributed by atoms with van der Waals surface area (Å²) in [5.74, 6) is -0.488. The second-order valence-corrected chi connectivity index (χ2v) is 7.69. The van der Waals surface area contributed by atoms with Gasteiger partial charge in [0.25, 0.3) is 0 Å². The average Bonchev–Trinajstić information content (AvgIpc) is 2.68. The van der Waals surface area contributed by atoms with Crippen LogP contribution in [-0.4, -0.2) is 24.0 Å². The van der Waals surface area contributed by atoms with Gasteiger partial charge in [-0.2, -0.15) is 15.8 Å². The topological polar surface area (TPSA) is 101 Å². The third-order valence-electron chi connectivity index (χ3n) is 5.63. The van der Waals surface area contributed by atoms with Gasteiger partial charge in [-0.15, -0.1) is 0 Å². The predicted octanol–water partition coefficient (Wildman–Crippen LogP) is 3.47. The first-order chi connectivity index (χ1) is 12.9. The molecule has 1 aromatic rings. The molecule has 1 aromatic carbocycles. The molecule has 6 heteroatoms. The smallest absolute Gasteiger partial charge is 0.204 e. The van der Waals surface area contributed by atoms with E-state index in [1.54, 1.807) is 12.1 Å². The Kier molecular flexibility index (Phi) is 4.99. The van der Waals surface area contributed by atoms with Crippen molar-refractivity contribution < 1.29 is 0 Å². The summed E-state index contributed by atoms with van der Waals surface area (Å²) < 4.78 is 0. The Morgan fingerprint density at radius 2 is 1.81 bits per heavy atom. The summed E-state index contributed by atoms with van der Waals surface area (Å²) in [6.07, 6.45) is 1.95. The largest absolute Gasteiger partial charge is 0.399 e. The number of nitriles is 3. The second-order valence-electron chi connectivity index (χ2n) is 7.26. The van der Waals surface area contributed by atoms with Crippen LogP contribution in [0.4, 0.5) is 0 Å². The van der Waals surface area contributed by atoms with Gasteiger partial charge in [-0.1, -0.05) is 29.8 Å². The number of fused-ring (bicyclic) bond motifs is 1. The zero-order valence-corrected chi connectivity index (χ0v) is 16.0. The molecule has 2 atom stereocenters. The Bertz CT molecular complexity index is 923. The van der Waals surface area contributed by atoms with E-state index in [1.165, 1.54) is 0 Å². The number of benzene rings is 1. The van der Waals surface area contributed by atoms with Crippen LogP contribution in [-0.2, 0) is 0 Å². The monoisotopic (exact) mass is 377 g/mol. The van der Waals surface area contributed by atoms with Gasteiger partial charge in [0, 0.05) is 36.0 Å². The zero-order chi connectivity index (χ0) is 19.8. The van der Waals surface area contributed by atoms with E-state index < -0.39 is 5.41 Å². The van der Waals surface area contributed by atoms with Gasteiger partial charge < -0.3 is 5.73 Å². The molecule has 2 N–H and O–H groups in total. The average molecular weight is 378 g/mol. The minimum atomic E-state index is -1.58. The van der Waals surface area contributed by atoms with Crippen molar-refractivity contribution in [2.45, 2.75) is 25.8 Å². The predicted molar refractivity (Wildman–Crippen MR) is 103 cm³/mol. The van der Waals surface area contributed by atoms with Gasteiger partial charge in [-0.25, -0.2) is 0 Å². The Morgan fingerprint density at radius 1 is 1.19 bits per heavy atom. The molecule has 0 aromatic heterocycles. The molecule has 1 heterocycles. The molecular weight excluding hydrogens is 358 g/mol. The maximum Gasteiger partial charge on any atom is 0.204 e. The van der Waals surface area contributed by atoms with Crippen molar-refractivity contribution in [2.75, 3.05) is 13.1 Å². The third kappa shape index (κ3) is 2.88. The first-order valence-corrected chi connectivity index (χ1v) is 9.20. The van der Waals surface area contributed by atoms with Gasteiger partial charge >= 0.3 is 0 Å². The number of hydrogen-bond acceptors (Lipinski definition) is 5. The number of rotatable bonds is 2.